The van der Waals surface area contributed by atoms with Crippen molar-refractivity contribution in [3.8, 4) is 28.4 Å². The van der Waals surface area contributed by atoms with Crippen molar-refractivity contribution < 1.29 is 45.6 Å². The van der Waals surface area contributed by atoms with E-state index in [1.54, 1.807) is 6.07 Å². The number of benzene rings is 3. The van der Waals surface area contributed by atoms with Crippen LogP contribution in [0.4, 0.5) is 23.2 Å². The summed E-state index contributed by atoms with van der Waals surface area (Å²) in [7, 11) is -3.86. The number of hydrogen-bond acceptors (Lipinski definition) is 7. The molecule has 53 heavy (non-hydrogen) atoms. The normalized spacial score (nSPS) is 12.4. The number of nitro benzene ring substituents is 1. The van der Waals surface area contributed by atoms with Gasteiger partial charge in [-0.15, -0.1) is 0 Å². The van der Waals surface area contributed by atoms with Gasteiger partial charge in [-0.2, -0.15) is 8.78 Å². The number of ether oxygens (including phenoxy) is 3. The van der Waals surface area contributed by atoms with E-state index in [-0.39, 0.29) is 29.9 Å². The highest BCUT2D eigenvalue weighted by Gasteiger charge is 2.33. The van der Waals surface area contributed by atoms with Crippen LogP contribution in [-0.2, 0) is 4.12 Å². The summed E-state index contributed by atoms with van der Waals surface area (Å²) in [6.07, 6.45) is 9.92. The maximum atomic E-state index is 14.9. The Morgan fingerprint density at radius 3 is 1.83 bits per heavy atom. The van der Waals surface area contributed by atoms with Gasteiger partial charge in [0.15, 0.2) is 39.8 Å². The second kappa shape index (κ2) is 20.1. The first-order chi connectivity index (χ1) is 24.9. The van der Waals surface area contributed by atoms with Crippen molar-refractivity contribution in [2.75, 3.05) is 6.61 Å². The van der Waals surface area contributed by atoms with Crippen LogP contribution in [0.15, 0.2) is 42.5 Å². The van der Waals surface area contributed by atoms with Crippen molar-refractivity contribution in [2.24, 2.45) is 0 Å². The minimum atomic E-state index is -2.09. The predicted molar refractivity (Wildman–Crippen MR) is 204 cm³/mol. The third kappa shape index (κ3) is 13.6. The highest BCUT2D eigenvalue weighted by molar-refractivity contribution is 6.84. The zero-order valence-electron chi connectivity index (χ0n) is 31.9. The lowest BCUT2D eigenvalue weighted by Gasteiger charge is -2.33. The van der Waals surface area contributed by atoms with Crippen molar-refractivity contribution in [2.45, 2.75) is 123 Å². The average Bonchev–Trinajstić information content (AvgIpc) is 3.06. The number of carbonyl (C=O) groups is 1. The van der Waals surface area contributed by atoms with Gasteiger partial charge in [-0.25, -0.2) is 13.6 Å². The van der Waals surface area contributed by atoms with E-state index in [0.29, 0.717) is 23.6 Å². The van der Waals surface area contributed by atoms with E-state index < -0.39 is 62.1 Å². The Kier molecular flexibility index (Phi) is 16.5. The summed E-state index contributed by atoms with van der Waals surface area (Å²) in [4.78, 5) is 24.1. The third-order valence-electron chi connectivity index (χ3n) is 8.42. The van der Waals surface area contributed by atoms with Gasteiger partial charge < -0.3 is 18.3 Å². The Hall–Kier alpha value is -3.76. The molecule has 3 aromatic carbocycles. The summed E-state index contributed by atoms with van der Waals surface area (Å²) in [5, 5.41) is 12.0. The van der Waals surface area contributed by atoms with Crippen LogP contribution in [0.1, 0.15) is 88.4 Å². The topological polar surface area (TPSA) is 97.1 Å². The van der Waals surface area contributed by atoms with Gasteiger partial charge >= 0.3 is 11.7 Å². The van der Waals surface area contributed by atoms with Gasteiger partial charge in [0.2, 0.25) is 11.6 Å². The van der Waals surface area contributed by atoms with E-state index in [9.17, 15) is 32.5 Å². The van der Waals surface area contributed by atoms with Crippen molar-refractivity contribution in [1.82, 2.24) is 0 Å². The van der Waals surface area contributed by atoms with Crippen LogP contribution >= 0.6 is 0 Å². The fourth-order valence-electron chi connectivity index (χ4n) is 6.32. The first-order valence-electron chi connectivity index (χ1n) is 18.4. The number of unbranched alkanes of at least 4 members (excludes halogenated alkanes) is 9. The second-order valence-corrected chi connectivity index (χ2v) is 23.9. The first-order valence-corrected chi connectivity index (χ1v) is 24.9. The number of rotatable bonds is 22. The quantitative estimate of drug-likeness (QED) is 0.0146. The van der Waals surface area contributed by atoms with Gasteiger partial charge in [0.25, 0.3) is 0 Å². The average molecular weight is 780 g/mol. The van der Waals surface area contributed by atoms with Crippen molar-refractivity contribution in [3.63, 3.8) is 0 Å². The van der Waals surface area contributed by atoms with E-state index in [1.807, 2.05) is 6.92 Å². The van der Waals surface area contributed by atoms with E-state index in [0.717, 1.165) is 25.7 Å². The van der Waals surface area contributed by atoms with Gasteiger partial charge in [-0.3, -0.25) is 10.1 Å². The van der Waals surface area contributed by atoms with E-state index in [4.69, 9.17) is 18.3 Å². The number of esters is 1. The molecule has 0 saturated heterocycles. The molecule has 0 N–H and O–H groups in total. The van der Waals surface area contributed by atoms with Gasteiger partial charge in [-0.05, 0) is 75.4 Å². The molecule has 14 heteroatoms. The minimum Gasteiger partial charge on any atom is -0.487 e. The molecule has 8 nitrogen and oxygen atoms in total. The molecular formula is C39H53F4NO7Si2. The minimum absolute atomic E-state index is 0.105. The molecule has 0 spiro atoms. The molecule has 0 aliphatic carbocycles. The lowest BCUT2D eigenvalue weighted by atomic mass is 10.0. The number of nitrogens with zero attached hydrogens (tertiary/aromatic N) is 1. The number of halogens is 4. The summed E-state index contributed by atoms with van der Waals surface area (Å²) in [6, 6.07) is 10.6. The summed E-state index contributed by atoms with van der Waals surface area (Å²) in [6.45, 7) is 14.4. The molecule has 0 saturated carbocycles. The molecule has 0 heterocycles. The second-order valence-electron chi connectivity index (χ2n) is 15.0. The first kappa shape index (κ1) is 43.6. The SMILES string of the molecule is CCCCCCCCCCCCOc1c(F)c(F)c(C(=O)Oc2ccc(-c3ccc(OC(C)C[Si](C)(C)O[Si](C)(C)C)c([N+](=O)[O-])c3)cc2)c(F)c1F. The smallest absolute Gasteiger partial charge is 0.349 e. The molecule has 0 aromatic heterocycles. The van der Waals surface area contributed by atoms with Crippen LogP contribution in [0.3, 0.4) is 0 Å². The van der Waals surface area contributed by atoms with Crippen LogP contribution < -0.4 is 14.2 Å². The fraction of sp³-hybridized carbons (Fsp3) is 0.513. The van der Waals surface area contributed by atoms with Gasteiger partial charge in [0, 0.05) is 12.1 Å². The van der Waals surface area contributed by atoms with Crippen molar-refractivity contribution >= 4 is 28.3 Å². The molecule has 292 valence electrons. The van der Waals surface area contributed by atoms with Gasteiger partial charge in [-0.1, -0.05) is 82.9 Å². The Morgan fingerprint density at radius 1 is 0.774 bits per heavy atom. The standard InChI is InChI=1S/C39H53F4NO7Si2/c1-8-9-10-11-12-13-14-15-16-17-24-48-38-36(42)34(40)33(35(41)37(38)43)39(45)50-30-21-18-28(19-22-30)29-20-23-32(31(25-29)44(46)47)49-27(2)26-53(6,7)51-52(3,4)5/h18-23,25,27H,8-17,24,26H2,1-7H3. The molecule has 1 atom stereocenters. The van der Waals surface area contributed by atoms with Crippen LogP contribution in [0.25, 0.3) is 11.1 Å². The zero-order chi connectivity index (χ0) is 39.3. The molecule has 0 radical (unpaired) electrons. The lowest BCUT2D eigenvalue weighted by molar-refractivity contribution is -0.386. The molecule has 0 fully saturated rings. The Balaban J connectivity index is 1.62. The lowest BCUT2D eigenvalue weighted by Crippen LogP contribution is -2.44. The van der Waals surface area contributed by atoms with Crippen LogP contribution in [-0.4, -0.2) is 40.2 Å². The number of carbonyl (C=O) groups excluding carboxylic acids is 1. The maximum absolute atomic E-state index is 14.9. The molecule has 0 amide bonds. The summed E-state index contributed by atoms with van der Waals surface area (Å²) in [5.74, 6) is -10.5. The van der Waals surface area contributed by atoms with E-state index in [2.05, 4.69) is 39.7 Å². The van der Waals surface area contributed by atoms with Crippen LogP contribution in [0.5, 0.6) is 17.2 Å². The van der Waals surface area contributed by atoms with Crippen LogP contribution in [0.2, 0.25) is 38.8 Å². The maximum Gasteiger partial charge on any atom is 0.349 e. The highest BCUT2D eigenvalue weighted by Crippen LogP contribution is 2.35. The Morgan fingerprint density at radius 2 is 1.30 bits per heavy atom. The van der Waals surface area contributed by atoms with Gasteiger partial charge in [0.1, 0.15) is 11.3 Å². The van der Waals surface area contributed by atoms with E-state index >= 15 is 0 Å². The monoisotopic (exact) mass is 779 g/mol. The Bertz CT molecular complexity index is 1650. The number of nitro groups is 1. The fourth-order valence-corrected chi connectivity index (χ4v) is 14.7. The third-order valence-corrected chi connectivity index (χ3v) is 14.6. The number of hydrogen-bond donors (Lipinski definition) is 0. The molecule has 0 aliphatic rings. The highest BCUT2D eigenvalue weighted by atomic mass is 28.4. The summed E-state index contributed by atoms with van der Waals surface area (Å²) in [5.41, 5.74) is -0.848. The van der Waals surface area contributed by atoms with Crippen molar-refractivity contribution in [3.05, 3.63) is 81.4 Å². The Labute approximate surface area is 312 Å². The molecule has 3 aromatic rings. The van der Waals surface area contributed by atoms with E-state index in [1.165, 1.54) is 68.5 Å². The molecule has 3 rings (SSSR count). The molecule has 1 unspecified atom stereocenters. The zero-order valence-corrected chi connectivity index (χ0v) is 33.9. The molecular weight excluding hydrogens is 727 g/mol. The summed E-state index contributed by atoms with van der Waals surface area (Å²) < 4.78 is 81.8. The summed E-state index contributed by atoms with van der Waals surface area (Å²) >= 11 is 0. The molecule has 0 bridgehead atoms. The van der Waals surface area contributed by atoms with Crippen LogP contribution in [0, 0.1) is 33.4 Å². The largest absolute Gasteiger partial charge is 0.487 e. The van der Waals surface area contributed by atoms with Gasteiger partial charge in [0.05, 0.1) is 17.6 Å². The van der Waals surface area contributed by atoms with Crippen molar-refractivity contribution in [1.29, 1.82) is 0 Å². The predicted octanol–water partition coefficient (Wildman–Crippen LogP) is 12.2. The molecule has 0 aliphatic heterocycles.